The standard InChI is InChI=1S/C14H20ClFN2O/c1-9(5-3-6-10(2)17)14(19)18-12-8-4-7-11(15)13(12)16/h4,7-10H,3,5-6,17H2,1-2H3,(H,18,19). The van der Waals surface area contributed by atoms with Gasteiger partial charge in [-0.25, -0.2) is 4.39 Å². The van der Waals surface area contributed by atoms with Crippen LogP contribution in [-0.2, 0) is 4.79 Å². The van der Waals surface area contributed by atoms with E-state index in [4.69, 9.17) is 17.3 Å². The highest BCUT2D eigenvalue weighted by Crippen LogP contribution is 2.23. The second-order valence-electron chi connectivity index (χ2n) is 4.90. The fourth-order valence-electron chi connectivity index (χ4n) is 1.73. The number of carbonyl (C=O) groups excluding carboxylic acids is 1. The Morgan fingerprint density at radius 2 is 2.11 bits per heavy atom. The van der Waals surface area contributed by atoms with E-state index in [1.54, 1.807) is 6.07 Å². The van der Waals surface area contributed by atoms with E-state index in [1.165, 1.54) is 12.1 Å². The summed E-state index contributed by atoms with van der Waals surface area (Å²) in [7, 11) is 0. The fourth-order valence-corrected chi connectivity index (χ4v) is 1.91. The first-order valence-corrected chi connectivity index (χ1v) is 6.80. The third-order valence-corrected chi connectivity index (χ3v) is 3.25. The van der Waals surface area contributed by atoms with E-state index in [9.17, 15) is 9.18 Å². The van der Waals surface area contributed by atoms with Crippen LogP contribution in [0.4, 0.5) is 10.1 Å². The van der Waals surface area contributed by atoms with Crippen molar-refractivity contribution in [2.45, 2.75) is 39.2 Å². The third kappa shape index (κ3) is 5.17. The number of anilines is 1. The molecule has 1 aromatic rings. The van der Waals surface area contributed by atoms with Crippen molar-refractivity contribution >= 4 is 23.2 Å². The van der Waals surface area contributed by atoms with Gasteiger partial charge in [0.1, 0.15) is 0 Å². The Balaban J connectivity index is 2.52. The maximum atomic E-state index is 13.6. The van der Waals surface area contributed by atoms with Gasteiger partial charge in [-0.2, -0.15) is 0 Å². The fraction of sp³-hybridized carbons (Fsp3) is 0.500. The molecule has 0 bridgehead atoms. The molecule has 0 fully saturated rings. The predicted octanol–water partition coefficient (Wildman–Crippen LogP) is 3.57. The number of hydrogen-bond acceptors (Lipinski definition) is 2. The van der Waals surface area contributed by atoms with Gasteiger partial charge in [-0.05, 0) is 31.9 Å². The lowest BCUT2D eigenvalue weighted by Gasteiger charge is -2.13. The number of benzene rings is 1. The third-order valence-electron chi connectivity index (χ3n) is 2.95. The van der Waals surface area contributed by atoms with Crippen molar-refractivity contribution in [1.29, 1.82) is 0 Å². The van der Waals surface area contributed by atoms with Crippen molar-refractivity contribution < 1.29 is 9.18 Å². The van der Waals surface area contributed by atoms with E-state index in [0.717, 1.165) is 19.3 Å². The number of amides is 1. The molecule has 0 aliphatic carbocycles. The van der Waals surface area contributed by atoms with Gasteiger partial charge >= 0.3 is 0 Å². The summed E-state index contributed by atoms with van der Waals surface area (Å²) in [6, 6.07) is 4.68. The summed E-state index contributed by atoms with van der Waals surface area (Å²) >= 11 is 5.66. The van der Waals surface area contributed by atoms with Crippen molar-refractivity contribution in [2.75, 3.05) is 5.32 Å². The second-order valence-corrected chi connectivity index (χ2v) is 5.31. The molecule has 0 saturated carbocycles. The molecule has 0 radical (unpaired) electrons. The average molecular weight is 287 g/mol. The zero-order valence-electron chi connectivity index (χ0n) is 11.2. The van der Waals surface area contributed by atoms with Crippen molar-refractivity contribution in [1.82, 2.24) is 0 Å². The number of carbonyl (C=O) groups is 1. The van der Waals surface area contributed by atoms with E-state index in [-0.39, 0.29) is 28.6 Å². The number of rotatable bonds is 6. The van der Waals surface area contributed by atoms with Crippen LogP contribution in [0.3, 0.4) is 0 Å². The summed E-state index contributed by atoms with van der Waals surface area (Å²) in [4.78, 5) is 11.9. The number of hydrogen-bond donors (Lipinski definition) is 2. The molecule has 0 aromatic heterocycles. The zero-order chi connectivity index (χ0) is 14.4. The van der Waals surface area contributed by atoms with E-state index in [1.807, 2.05) is 13.8 Å². The first-order valence-electron chi connectivity index (χ1n) is 6.42. The Kier molecular flexibility index (Phi) is 6.25. The molecule has 0 aliphatic heterocycles. The molecule has 2 unspecified atom stereocenters. The quantitative estimate of drug-likeness (QED) is 0.840. The van der Waals surface area contributed by atoms with Gasteiger partial charge in [-0.3, -0.25) is 4.79 Å². The first-order chi connectivity index (χ1) is 8.91. The topological polar surface area (TPSA) is 55.1 Å². The summed E-state index contributed by atoms with van der Waals surface area (Å²) in [6.07, 6.45) is 2.49. The minimum absolute atomic E-state index is 0.00223. The summed E-state index contributed by atoms with van der Waals surface area (Å²) in [6.45, 7) is 3.76. The number of halogens is 2. The van der Waals surface area contributed by atoms with Gasteiger partial charge in [-0.1, -0.05) is 31.0 Å². The van der Waals surface area contributed by atoms with Gasteiger partial charge in [0.25, 0.3) is 0 Å². The summed E-state index contributed by atoms with van der Waals surface area (Å²) in [5.41, 5.74) is 5.77. The van der Waals surface area contributed by atoms with Crippen LogP contribution in [0.2, 0.25) is 5.02 Å². The molecule has 3 nitrogen and oxygen atoms in total. The van der Waals surface area contributed by atoms with Crippen LogP contribution in [0.15, 0.2) is 18.2 Å². The van der Waals surface area contributed by atoms with Gasteiger partial charge < -0.3 is 11.1 Å². The van der Waals surface area contributed by atoms with E-state index in [2.05, 4.69) is 5.32 Å². The molecule has 0 spiro atoms. The summed E-state index contributed by atoms with van der Waals surface area (Å²) < 4.78 is 13.6. The van der Waals surface area contributed by atoms with Crippen LogP contribution in [0.25, 0.3) is 0 Å². The molecule has 5 heteroatoms. The molecule has 19 heavy (non-hydrogen) atoms. The highest BCUT2D eigenvalue weighted by molar-refractivity contribution is 6.31. The molecule has 0 heterocycles. The monoisotopic (exact) mass is 286 g/mol. The van der Waals surface area contributed by atoms with Crippen molar-refractivity contribution in [3.63, 3.8) is 0 Å². The van der Waals surface area contributed by atoms with Crippen LogP contribution >= 0.6 is 11.6 Å². The summed E-state index contributed by atoms with van der Waals surface area (Å²) in [5.74, 6) is -0.983. The lowest BCUT2D eigenvalue weighted by Crippen LogP contribution is -2.22. The molecule has 3 N–H and O–H groups in total. The van der Waals surface area contributed by atoms with Crippen LogP contribution in [0.5, 0.6) is 0 Å². The number of nitrogens with one attached hydrogen (secondary N) is 1. The van der Waals surface area contributed by atoms with E-state index in [0.29, 0.717) is 0 Å². The SMILES string of the molecule is CC(N)CCCC(C)C(=O)Nc1cccc(Cl)c1F. The molecule has 1 amide bonds. The first kappa shape index (κ1) is 15.9. The smallest absolute Gasteiger partial charge is 0.227 e. The van der Waals surface area contributed by atoms with Gasteiger partial charge in [0.2, 0.25) is 5.91 Å². The Morgan fingerprint density at radius 1 is 1.42 bits per heavy atom. The molecular formula is C14H20ClFN2O. The summed E-state index contributed by atoms with van der Waals surface area (Å²) in [5, 5.41) is 2.56. The molecule has 0 saturated heterocycles. The molecule has 2 atom stereocenters. The predicted molar refractivity (Wildman–Crippen MR) is 76.7 cm³/mol. The Morgan fingerprint density at radius 3 is 2.74 bits per heavy atom. The Hall–Kier alpha value is -1.13. The molecule has 1 rings (SSSR count). The lowest BCUT2D eigenvalue weighted by atomic mass is 10.0. The van der Waals surface area contributed by atoms with E-state index < -0.39 is 5.82 Å². The second kappa shape index (κ2) is 7.46. The van der Waals surface area contributed by atoms with Crippen molar-refractivity contribution in [2.24, 2.45) is 11.7 Å². The minimum atomic E-state index is -0.597. The van der Waals surface area contributed by atoms with Crippen LogP contribution < -0.4 is 11.1 Å². The average Bonchev–Trinajstić information content (AvgIpc) is 2.34. The maximum absolute atomic E-state index is 13.6. The van der Waals surface area contributed by atoms with Crippen LogP contribution in [-0.4, -0.2) is 11.9 Å². The highest BCUT2D eigenvalue weighted by atomic mass is 35.5. The normalized spacial score (nSPS) is 13.9. The molecule has 106 valence electrons. The molecule has 0 aliphatic rings. The molecule has 1 aromatic carbocycles. The van der Waals surface area contributed by atoms with Crippen LogP contribution in [0.1, 0.15) is 33.1 Å². The van der Waals surface area contributed by atoms with Gasteiger partial charge in [-0.15, -0.1) is 0 Å². The van der Waals surface area contributed by atoms with Gasteiger partial charge in [0.05, 0.1) is 10.7 Å². The van der Waals surface area contributed by atoms with Gasteiger partial charge in [0.15, 0.2) is 5.82 Å². The minimum Gasteiger partial charge on any atom is -0.328 e. The Labute approximate surface area is 118 Å². The highest BCUT2D eigenvalue weighted by Gasteiger charge is 2.15. The zero-order valence-corrected chi connectivity index (χ0v) is 12.0. The molecular weight excluding hydrogens is 267 g/mol. The van der Waals surface area contributed by atoms with Crippen molar-refractivity contribution in [3.8, 4) is 0 Å². The number of nitrogens with two attached hydrogens (primary N) is 1. The van der Waals surface area contributed by atoms with Crippen LogP contribution in [0, 0.1) is 11.7 Å². The van der Waals surface area contributed by atoms with E-state index >= 15 is 0 Å². The maximum Gasteiger partial charge on any atom is 0.227 e. The largest absolute Gasteiger partial charge is 0.328 e. The Bertz CT molecular complexity index is 437. The van der Waals surface area contributed by atoms with Gasteiger partial charge in [0, 0.05) is 12.0 Å². The van der Waals surface area contributed by atoms with Crippen molar-refractivity contribution in [3.05, 3.63) is 29.0 Å². The lowest BCUT2D eigenvalue weighted by molar-refractivity contribution is -0.119.